The second kappa shape index (κ2) is 12.4. The van der Waals surface area contributed by atoms with Crippen LogP contribution >= 0.6 is 0 Å². The van der Waals surface area contributed by atoms with Gasteiger partial charge in [0.15, 0.2) is 11.6 Å². The quantitative estimate of drug-likeness (QED) is 0.213. The summed E-state index contributed by atoms with van der Waals surface area (Å²) in [4.78, 5) is 0. The molecule has 1 aliphatic rings. The second-order valence-electron chi connectivity index (χ2n) is 9.70. The normalized spacial score (nSPS) is 18.1. The molecule has 0 amide bonds. The lowest BCUT2D eigenvalue weighted by molar-refractivity contribution is 0.0326. The summed E-state index contributed by atoms with van der Waals surface area (Å²) in [7, 11) is 0. The molecular weight excluding hydrogens is 457 g/mol. The third-order valence-corrected chi connectivity index (χ3v) is 7.15. The van der Waals surface area contributed by atoms with E-state index in [-0.39, 0.29) is 23.4 Å². The number of unbranched alkanes of at least 4 members (excludes halogenated alkanes) is 3. The summed E-state index contributed by atoms with van der Waals surface area (Å²) < 4.78 is 50.5. The number of allylic oxidation sites excluding steroid dienone is 1. The molecule has 1 heterocycles. The first kappa shape index (κ1) is 26.2. The molecule has 1 nitrogen and oxygen atoms in total. The van der Waals surface area contributed by atoms with Gasteiger partial charge in [0.2, 0.25) is 0 Å². The highest BCUT2D eigenvalue weighted by Crippen LogP contribution is 2.33. The molecule has 4 heteroatoms. The molecule has 3 aromatic carbocycles. The van der Waals surface area contributed by atoms with E-state index in [1.165, 1.54) is 0 Å². The Labute approximate surface area is 213 Å². The Morgan fingerprint density at radius 1 is 0.833 bits per heavy atom. The van der Waals surface area contributed by atoms with Crippen molar-refractivity contribution in [1.29, 1.82) is 0 Å². The Kier molecular flexibility index (Phi) is 9.03. The van der Waals surface area contributed by atoms with Crippen molar-refractivity contribution in [1.82, 2.24) is 0 Å². The van der Waals surface area contributed by atoms with Gasteiger partial charge in [-0.2, -0.15) is 0 Å². The highest BCUT2D eigenvalue weighted by atomic mass is 19.2. The van der Waals surface area contributed by atoms with Crippen LogP contribution < -0.4 is 0 Å². The van der Waals surface area contributed by atoms with Crippen LogP contribution in [0.1, 0.15) is 69.4 Å². The van der Waals surface area contributed by atoms with Crippen LogP contribution in [0.25, 0.3) is 22.3 Å². The maximum absolute atomic E-state index is 15.1. The highest BCUT2D eigenvalue weighted by molar-refractivity contribution is 5.71. The molecule has 190 valence electrons. The molecule has 4 rings (SSSR count). The van der Waals surface area contributed by atoms with E-state index in [0.29, 0.717) is 35.3 Å². The van der Waals surface area contributed by atoms with Crippen LogP contribution in [-0.2, 0) is 11.2 Å². The van der Waals surface area contributed by atoms with Gasteiger partial charge in [-0.25, -0.2) is 13.2 Å². The zero-order valence-electron chi connectivity index (χ0n) is 21.2. The van der Waals surface area contributed by atoms with Crippen molar-refractivity contribution in [2.24, 2.45) is 0 Å². The number of hydrogen-bond donors (Lipinski definition) is 0. The zero-order chi connectivity index (χ0) is 25.5. The van der Waals surface area contributed by atoms with Crippen molar-refractivity contribution in [2.45, 2.75) is 70.8 Å². The molecule has 0 spiro atoms. The van der Waals surface area contributed by atoms with E-state index in [9.17, 15) is 8.78 Å². The van der Waals surface area contributed by atoms with E-state index in [4.69, 9.17) is 4.74 Å². The molecule has 0 aliphatic carbocycles. The maximum Gasteiger partial charge on any atom is 0.166 e. The van der Waals surface area contributed by atoms with E-state index in [1.54, 1.807) is 48.5 Å². The molecule has 1 aliphatic heterocycles. The molecule has 3 aromatic rings. The highest BCUT2D eigenvalue weighted by Gasteiger charge is 2.22. The summed E-state index contributed by atoms with van der Waals surface area (Å²) in [5, 5.41) is 0. The summed E-state index contributed by atoms with van der Waals surface area (Å²) in [6, 6.07) is 15.6. The summed E-state index contributed by atoms with van der Waals surface area (Å²) in [6.45, 7) is 4.69. The zero-order valence-corrected chi connectivity index (χ0v) is 21.2. The van der Waals surface area contributed by atoms with Crippen molar-refractivity contribution in [3.8, 4) is 22.3 Å². The van der Waals surface area contributed by atoms with Gasteiger partial charge in [0.1, 0.15) is 5.82 Å². The van der Waals surface area contributed by atoms with Crippen molar-refractivity contribution in [3.63, 3.8) is 0 Å². The first-order valence-corrected chi connectivity index (χ1v) is 13.1. The number of ether oxygens (including phenoxy) is 1. The van der Waals surface area contributed by atoms with E-state index >= 15 is 4.39 Å². The first-order valence-electron chi connectivity index (χ1n) is 13.1. The van der Waals surface area contributed by atoms with Gasteiger partial charge in [-0.05, 0) is 60.9 Å². The van der Waals surface area contributed by atoms with E-state index in [2.05, 4.69) is 13.0 Å². The number of hydrogen-bond acceptors (Lipinski definition) is 1. The number of benzene rings is 3. The predicted octanol–water partition coefficient (Wildman–Crippen LogP) is 9.40. The molecule has 0 bridgehead atoms. The average Bonchev–Trinajstić information content (AvgIpc) is 2.90. The third-order valence-electron chi connectivity index (χ3n) is 7.15. The molecule has 0 saturated carbocycles. The molecule has 2 atom stereocenters. The minimum absolute atomic E-state index is 0.147. The van der Waals surface area contributed by atoms with Gasteiger partial charge in [0.25, 0.3) is 0 Å². The van der Waals surface area contributed by atoms with Crippen LogP contribution in [0.4, 0.5) is 13.2 Å². The Morgan fingerprint density at radius 3 is 2.19 bits per heavy atom. The van der Waals surface area contributed by atoms with Gasteiger partial charge in [0.05, 0.1) is 12.7 Å². The molecular formula is C32H35F3O. The Morgan fingerprint density at radius 2 is 1.56 bits per heavy atom. The average molecular weight is 493 g/mol. The summed E-state index contributed by atoms with van der Waals surface area (Å²) in [5.74, 6) is -1.69. The SMILES string of the molecule is CC=CC1CCC(c2ccc(-c3ccc(-c4ccc(CCCCCC)c(F)c4F)cc3)c(F)c2)CO1. The van der Waals surface area contributed by atoms with Crippen LogP contribution in [-0.4, -0.2) is 12.7 Å². The molecule has 0 aromatic heterocycles. The second-order valence-corrected chi connectivity index (χ2v) is 9.70. The van der Waals surface area contributed by atoms with Gasteiger partial charge in [0, 0.05) is 17.0 Å². The summed E-state index contributed by atoms with van der Waals surface area (Å²) in [5.41, 5.74) is 3.35. The largest absolute Gasteiger partial charge is 0.374 e. The molecule has 1 saturated heterocycles. The molecule has 0 radical (unpaired) electrons. The van der Waals surface area contributed by atoms with Gasteiger partial charge in [-0.3, -0.25) is 0 Å². The Hall–Kier alpha value is -2.85. The van der Waals surface area contributed by atoms with Crippen LogP contribution in [0.5, 0.6) is 0 Å². The van der Waals surface area contributed by atoms with Crippen molar-refractivity contribution in [3.05, 3.63) is 95.3 Å². The van der Waals surface area contributed by atoms with Crippen molar-refractivity contribution >= 4 is 0 Å². The lowest BCUT2D eigenvalue weighted by atomic mass is 9.89. The van der Waals surface area contributed by atoms with Gasteiger partial charge >= 0.3 is 0 Å². The Bertz CT molecular complexity index is 1170. The topological polar surface area (TPSA) is 9.23 Å². The lowest BCUT2D eigenvalue weighted by Crippen LogP contribution is -2.23. The Balaban J connectivity index is 1.46. The smallest absolute Gasteiger partial charge is 0.166 e. The predicted molar refractivity (Wildman–Crippen MR) is 142 cm³/mol. The fourth-order valence-electron chi connectivity index (χ4n) is 5.00. The van der Waals surface area contributed by atoms with E-state index in [0.717, 1.165) is 44.1 Å². The summed E-state index contributed by atoms with van der Waals surface area (Å²) >= 11 is 0. The minimum atomic E-state index is -0.822. The fraction of sp³-hybridized carbons (Fsp3) is 0.375. The van der Waals surface area contributed by atoms with Gasteiger partial charge < -0.3 is 4.74 Å². The summed E-state index contributed by atoms with van der Waals surface area (Å²) in [6.07, 6.45) is 10.7. The molecule has 2 unspecified atom stereocenters. The van der Waals surface area contributed by atoms with Crippen molar-refractivity contribution in [2.75, 3.05) is 6.61 Å². The van der Waals surface area contributed by atoms with Crippen LogP contribution in [0.15, 0.2) is 66.7 Å². The number of rotatable bonds is 9. The maximum atomic E-state index is 15.1. The molecule has 0 N–H and O–H groups in total. The molecule has 1 fully saturated rings. The monoisotopic (exact) mass is 492 g/mol. The first-order chi connectivity index (χ1) is 17.5. The van der Waals surface area contributed by atoms with Crippen LogP contribution in [0, 0.1) is 17.5 Å². The van der Waals surface area contributed by atoms with Gasteiger partial charge in [-0.1, -0.05) is 86.9 Å². The van der Waals surface area contributed by atoms with E-state index < -0.39 is 11.6 Å². The minimum Gasteiger partial charge on any atom is -0.374 e. The van der Waals surface area contributed by atoms with Gasteiger partial charge in [-0.15, -0.1) is 0 Å². The lowest BCUT2D eigenvalue weighted by Gasteiger charge is -2.28. The third kappa shape index (κ3) is 6.10. The standard InChI is InChI=1S/C32H35F3O/c1-3-5-6-7-9-24-15-19-29(32(35)31(24)34)23-12-10-22(11-13-23)28-18-16-25(20-30(28)33)26-14-17-27(8-4-2)36-21-26/h4,8,10-13,15-16,18-20,26-27H,3,5-7,9,14,17,21H2,1-2H3. The van der Waals surface area contributed by atoms with Crippen LogP contribution in [0.3, 0.4) is 0 Å². The van der Waals surface area contributed by atoms with Crippen LogP contribution in [0.2, 0.25) is 0 Å². The van der Waals surface area contributed by atoms with E-state index in [1.807, 2.05) is 19.1 Å². The van der Waals surface area contributed by atoms with Crippen molar-refractivity contribution < 1.29 is 17.9 Å². The molecule has 36 heavy (non-hydrogen) atoms. The fourth-order valence-corrected chi connectivity index (χ4v) is 5.00. The number of halogens is 3. The number of aryl methyl sites for hydroxylation is 1.